The van der Waals surface area contributed by atoms with Crippen LogP contribution in [-0.4, -0.2) is 86.2 Å². The number of nitrogens with one attached hydrogen (secondary N) is 2. The molecule has 16 heteroatoms. The number of benzene rings is 6. The lowest BCUT2D eigenvalue weighted by atomic mass is 10.1. The van der Waals surface area contributed by atoms with Gasteiger partial charge in [-0.05, 0) is 83.9 Å². The molecule has 0 aliphatic rings. The van der Waals surface area contributed by atoms with Gasteiger partial charge in [0.2, 0.25) is 11.5 Å². The summed E-state index contributed by atoms with van der Waals surface area (Å²) >= 11 is 0. The summed E-state index contributed by atoms with van der Waals surface area (Å²) in [5, 5.41) is 15.8. The fourth-order valence-electron chi connectivity index (χ4n) is 7.21. The largest absolute Gasteiger partial charge is 0.508 e. The van der Waals surface area contributed by atoms with Crippen LogP contribution in [0.1, 0.15) is 49.4 Å². The topological polar surface area (TPSA) is 162 Å². The number of ketones is 2. The number of carbonyl (C=O) groups is 2. The van der Waals surface area contributed by atoms with E-state index in [4.69, 9.17) is 42.6 Å². The second-order valence-corrected chi connectivity index (χ2v) is 15.2. The fraction of sp³-hybridized carbons (Fsp3) is 0.200. The highest BCUT2D eigenvalue weighted by molar-refractivity contribution is 6.04. The van der Waals surface area contributed by atoms with E-state index in [-0.39, 0.29) is 55.0 Å². The van der Waals surface area contributed by atoms with Crippen molar-refractivity contribution in [2.75, 3.05) is 80.2 Å². The number of Topliss-reactive ketones (excluding diaryl/α,β-unsaturated/α-hetero) is 1. The lowest BCUT2D eigenvalue weighted by Crippen LogP contribution is -2.14. The Kier molecular flexibility index (Phi) is 18.3. The molecule has 0 spiro atoms. The van der Waals surface area contributed by atoms with Gasteiger partial charge in [-0.3, -0.25) is 9.59 Å². The molecule has 3 N–H and O–H groups in total. The molecule has 6 rings (SSSR count). The molecule has 370 valence electrons. The Morgan fingerprint density at radius 2 is 1.06 bits per heavy atom. The number of halogens is 2. The van der Waals surface area contributed by atoms with Gasteiger partial charge in [-0.2, -0.15) is 0 Å². The Labute approximate surface area is 410 Å². The second-order valence-electron chi connectivity index (χ2n) is 15.2. The van der Waals surface area contributed by atoms with Crippen molar-refractivity contribution in [3.63, 3.8) is 0 Å². The van der Waals surface area contributed by atoms with Crippen molar-refractivity contribution in [2.24, 2.45) is 0 Å². The summed E-state index contributed by atoms with van der Waals surface area (Å²) in [7, 11) is 10.3. The smallest absolute Gasteiger partial charge is 0.203 e. The molecule has 0 aromatic heterocycles. The van der Waals surface area contributed by atoms with E-state index in [0.29, 0.717) is 85.0 Å². The van der Waals surface area contributed by atoms with Gasteiger partial charge in [0.05, 0.1) is 55.3 Å². The number of ether oxygens (including phenoxy) is 9. The number of para-hydroxylation sites is 1. The Morgan fingerprint density at radius 3 is 1.61 bits per heavy atom. The lowest BCUT2D eigenvalue weighted by Gasteiger charge is -2.16. The maximum absolute atomic E-state index is 15.0. The van der Waals surface area contributed by atoms with Gasteiger partial charge >= 0.3 is 0 Å². The van der Waals surface area contributed by atoms with Crippen molar-refractivity contribution in [3.05, 3.63) is 154 Å². The number of carbonyl (C=O) groups excluding carboxylic acids is 2. The Balaban J connectivity index is 1.09. The summed E-state index contributed by atoms with van der Waals surface area (Å²) in [6.45, 7) is 0.313. The van der Waals surface area contributed by atoms with Gasteiger partial charge < -0.3 is 58.4 Å². The number of methoxy groups -OCH3 is 7. The van der Waals surface area contributed by atoms with E-state index >= 15 is 0 Å². The minimum atomic E-state index is -0.593. The maximum atomic E-state index is 15.0. The van der Waals surface area contributed by atoms with Crippen molar-refractivity contribution in [1.29, 1.82) is 0 Å². The predicted octanol–water partition coefficient (Wildman–Crippen LogP) is 11.0. The van der Waals surface area contributed by atoms with Gasteiger partial charge in [0.15, 0.2) is 57.7 Å². The van der Waals surface area contributed by atoms with Gasteiger partial charge in [-0.25, -0.2) is 8.78 Å². The average molecular weight is 973 g/mol. The Hall–Kier alpha value is -8.66. The molecule has 0 fully saturated rings. The van der Waals surface area contributed by atoms with Crippen LogP contribution in [0.2, 0.25) is 0 Å². The van der Waals surface area contributed by atoms with E-state index in [1.807, 2.05) is 0 Å². The number of phenols is 1. The minimum Gasteiger partial charge on any atom is -0.508 e. The first-order valence-electron chi connectivity index (χ1n) is 22.0. The molecule has 0 saturated heterocycles. The Bertz CT molecular complexity index is 2870. The lowest BCUT2D eigenvalue weighted by molar-refractivity contribution is 0.0980. The Morgan fingerprint density at radius 1 is 0.549 bits per heavy atom. The van der Waals surface area contributed by atoms with Crippen LogP contribution in [-0.2, 0) is 0 Å². The molecule has 6 aromatic carbocycles. The monoisotopic (exact) mass is 972 g/mol. The van der Waals surface area contributed by atoms with Crippen molar-refractivity contribution >= 4 is 47.2 Å². The molecule has 6 aromatic rings. The molecule has 0 aliphatic heterocycles. The van der Waals surface area contributed by atoms with Gasteiger partial charge in [-0.1, -0.05) is 36.4 Å². The highest BCUT2D eigenvalue weighted by Crippen LogP contribution is 2.41. The predicted molar refractivity (Wildman–Crippen MR) is 269 cm³/mol. The zero-order valence-corrected chi connectivity index (χ0v) is 40.2. The highest BCUT2D eigenvalue weighted by atomic mass is 19.1. The zero-order valence-electron chi connectivity index (χ0n) is 40.2. The van der Waals surface area contributed by atoms with E-state index in [2.05, 4.69) is 10.6 Å². The summed E-state index contributed by atoms with van der Waals surface area (Å²) < 4.78 is 80.2. The third kappa shape index (κ3) is 13.3. The minimum absolute atomic E-state index is 0.000913. The van der Waals surface area contributed by atoms with Crippen LogP contribution in [0, 0.1) is 11.6 Å². The quantitative estimate of drug-likeness (QED) is 0.0215. The molecule has 0 radical (unpaired) electrons. The van der Waals surface area contributed by atoms with E-state index in [1.54, 1.807) is 72.8 Å². The number of allylic oxidation sites excluding steroid dienone is 1. The SMILES string of the molecule is COc1cc(N/C=C\C(=O)c2ccc(O)cc2)c(/C=C\c2cc(OC)c(OCCOc3ccccc3C(=O)CCNc3cc(OC)c(F)cc3/C=C\c3cc(OC)c(OC)c(OC)c3)c(OC)c2)cc1F. The number of hydrogen-bond donors (Lipinski definition) is 3. The first-order valence-corrected chi connectivity index (χ1v) is 22.0. The molecule has 0 amide bonds. The van der Waals surface area contributed by atoms with Gasteiger partial charge in [0, 0.05) is 65.4 Å². The van der Waals surface area contributed by atoms with E-state index in [9.17, 15) is 23.5 Å². The molecule has 0 heterocycles. The van der Waals surface area contributed by atoms with Crippen LogP contribution in [0.3, 0.4) is 0 Å². The van der Waals surface area contributed by atoms with Crippen LogP contribution in [0.15, 0.2) is 109 Å². The zero-order chi connectivity index (χ0) is 50.9. The standard InChI is InChI=1S/C55H54F2N2O12/c1-63-48-32-43(58-22-20-45(61)36-16-18-39(60)19-17-36)37(30-41(48)56)15-13-35-28-52(67-5)55(53(29-35)68-6)71-25-24-70-47-11-9-8-10-40(47)46(62)21-23-59-44-33-49(64-2)42(57)31-38(44)14-12-34-26-50(65-3)54(69-7)51(27-34)66-4/h8-20,22,26-33,58-60H,21,23-25H2,1-7H3/b14-12-,15-13-,22-20-. The molecule has 14 nitrogen and oxygen atoms in total. The molecule has 0 saturated carbocycles. The van der Waals surface area contributed by atoms with Crippen LogP contribution in [0.4, 0.5) is 20.2 Å². The van der Waals surface area contributed by atoms with E-state index < -0.39 is 11.6 Å². The summed E-state index contributed by atoms with van der Waals surface area (Å²) in [5.74, 6) is 1.16. The number of anilines is 2. The average Bonchev–Trinajstić information content (AvgIpc) is 3.39. The van der Waals surface area contributed by atoms with Crippen molar-refractivity contribution in [3.8, 4) is 57.5 Å². The molecular formula is C55H54F2N2O12. The van der Waals surface area contributed by atoms with Crippen LogP contribution in [0.25, 0.3) is 24.3 Å². The number of rotatable bonds is 25. The number of aromatic hydroxyl groups is 1. The van der Waals surface area contributed by atoms with Crippen LogP contribution < -0.4 is 53.3 Å². The summed E-state index contributed by atoms with van der Waals surface area (Å²) in [5.41, 5.74) is 4.03. The highest BCUT2D eigenvalue weighted by Gasteiger charge is 2.18. The van der Waals surface area contributed by atoms with Gasteiger partial charge in [0.25, 0.3) is 0 Å². The van der Waals surface area contributed by atoms with Gasteiger partial charge in [-0.15, -0.1) is 0 Å². The molecule has 0 atom stereocenters. The maximum Gasteiger partial charge on any atom is 0.203 e. The first-order chi connectivity index (χ1) is 34.4. The van der Waals surface area contributed by atoms with Crippen LogP contribution >= 0.6 is 0 Å². The fourth-order valence-corrected chi connectivity index (χ4v) is 7.21. The van der Waals surface area contributed by atoms with Gasteiger partial charge in [0.1, 0.15) is 24.7 Å². The summed E-state index contributed by atoms with van der Waals surface area (Å²) in [4.78, 5) is 26.3. The van der Waals surface area contributed by atoms with E-state index in [0.717, 1.165) is 0 Å². The number of hydrogen-bond acceptors (Lipinski definition) is 14. The second kappa shape index (κ2) is 25.1. The molecule has 0 bridgehead atoms. The molecular weight excluding hydrogens is 919 g/mol. The third-order valence-corrected chi connectivity index (χ3v) is 10.8. The summed E-state index contributed by atoms with van der Waals surface area (Å²) in [6, 6.07) is 25.3. The van der Waals surface area contributed by atoms with Crippen molar-refractivity contribution < 1.29 is 66.1 Å². The van der Waals surface area contributed by atoms with Crippen LogP contribution in [0.5, 0.6) is 57.5 Å². The number of phenolic OH excluding ortho intramolecular Hbond substituents is 1. The molecule has 0 unspecified atom stereocenters. The van der Waals surface area contributed by atoms with Crippen molar-refractivity contribution in [1.82, 2.24) is 0 Å². The summed E-state index contributed by atoms with van der Waals surface area (Å²) in [6.07, 6.45) is 9.73. The van der Waals surface area contributed by atoms with Crippen molar-refractivity contribution in [2.45, 2.75) is 6.42 Å². The van der Waals surface area contributed by atoms with E-state index in [1.165, 1.54) is 111 Å². The molecule has 0 aliphatic carbocycles. The third-order valence-electron chi connectivity index (χ3n) is 10.8. The normalized spacial score (nSPS) is 11.1. The molecule has 71 heavy (non-hydrogen) atoms. The first kappa shape index (κ1) is 51.7.